The molecule has 0 aliphatic carbocycles. The number of hydrogen-bond donors (Lipinski definition) is 2. The van der Waals surface area contributed by atoms with Crippen LogP contribution < -0.4 is 10.6 Å². The highest BCUT2D eigenvalue weighted by atomic mass is 35.5. The number of carbonyl (C=O) groups excluding carboxylic acids is 1. The number of aromatic nitrogens is 2. The van der Waals surface area contributed by atoms with Gasteiger partial charge in [-0.15, -0.1) is 0 Å². The van der Waals surface area contributed by atoms with E-state index in [9.17, 15) is 4.79 Å². The lowest BCUT2D eigenvalue weighted by atomic mass is 9.83. The van der Waals surface area contributed by atoms with Crippen molar-refractivity contribution in [3.8, 4) is 0 Å². The van der Waals surface area contributed by atoms with Gasteiger partial charge >= 0.3 is 0 Å². The second-order valence-electron chi connectivity index (χ2n) is 4.24. The molecule has 1 unspecified atom stereocenters. The smallest absolute Gasteiger partial charge is 0.233 e. The maximum absolute atomic E-state index is 12.2. The van der Waals surface area contributed by atoms with Crippen molar-refractivity contribution in [2.45, 2.75) is 19.8 Å². The molecule has 1 aliphatic heterocycles. The molecule has 1 aromatic rings. The van der Waals surface area contributed by atoms with Gasteiger partial charge in [0.15, 0.2) is 0 Å². The summed E-state index contributed by atoms with van der Waals surface area (Å²) in [6.45, 7) is 3.62. The Morgan fingerprint density at radius 1 is 1.65 bits per heavy atom. The van der Waals surface area contributed by atoms with Gasteiger partial charge in [-0.05, 0) is 19.4 Å². The molecule has 1 atom stereocenters. The van der Waals surface area contributed by atoms with E-state index in [4.69, 9.17) is 11.6 Å². The lowest BCUT2D eigenvalue weighted by Crippen LogP contribution is -2.37. The fraction of sp³-hybridized carbons (Fsp3) is 0.545. The first-order chi connectivity index (χ1) is 8.16. The van der Waals surface area contributed by atoms with Crippen LogP contribution in [0.4, 0.5) is 5.82 Å². The maximum Gasteiger partial charge on any atom is 0.233 e. The Labute approximate surface area is 105 Å². The van der Waals surface area contributed by atoms with E-state index in [1.807, 2.05) is 6.92 Å². The predicted octanol–water partition coefficient (Wildman–Crippen LogP) is 1.46. The van der Waals surface area contributed by atoms with Crippen molar-refractivity contribution >= 4 is 23.3 Å². The molecular formula is C11H15ClN4O. The lowest BCUT2D eigenvalue weighted by molar-refractivity contribution is -0.124. The van der Waals surface area contributed by atoms with E-state index < -0.39 is 0 Å². The van der Waals surface area contributed by atoms with E-state index >= 15 is 0 Å². The first-order valence-corrected chi connectivity index (χ1v) is 6.04. The van der Waals surface area contributed by atoms with Crippen LogP contribution >= 0.6 is 11.6 Å². The number of nitrogens with zero attached hydrogens (tertiary/aromatic N) is 2. The summed E-state index contributed by atoms with van der Waals surface area (Å²) >= 11 is 5.74. The Balaban J connectivity index is 2.10. The largest absolute Gasteiger partial charge is 0.316 e. The van der Waals surface area contributed by atoms with Crippen molar-refractivity contribution in [2.24, 2.45) is 5.41 Å². The second-order valence-corrected chi connectivity index (χ2v) is 4.63. The Morgan fingerprint density at radius 2 is 2.47 bits per heavy atom. The summed E-state index contributed by atoms with van der Waals surface area (Å²) in [5.74, 6) is 0.453. The summed E-state index contributed by atoms with van der Waals surface area (Å²) in [5.41, 5.74) is -0.322. The summed E-state index contributed by atoms with van der Waals surface area (Å²) in [7, 11) is 0. The number of anilines is 1. The van der Waals surface area contributed by atoms with Crippen LogP contribution in [0.25, 0.3) is 0 Å². The third-order valence-corrected chi connectivity index (χ3v) is 3.48. The fourth-order valence-corrected chi connectivity index (χ4v) is 2.20. The monoisotopic (exact) mass is 254 g/mol. The number of rotatable bonds is 3. The molecule has 0 spiro atoms. The maximum atomic E-state index is 12.2. The zero-order valence-corrected chi connectivity index (χ0v) is 10.4. The van der Waals surface area contributed by atoms with Gasteiger partial charge in [0.25, 0.3) is 0 Å². The van der Waals surface area contributed by atoms with E-state index in [-0.39, 0.29) is 11.3 Å². The number of hydrogen-bond acceptors (Lipinski definition) is 4. The molecular weight excluding hydrogens is 240 g/mol. The number of halogens is 1. The molecule has 1 saturated heterocycles. The van der Waals surface area contributed by atoms with Gasteiger partial charge in [-0.2, -0.15) is 0 Å². The van der Waals surface area contributed by atoms with E-state index in [2.05, 4.69) is 20.6 Å². The van der Waals surface area contributed by atoms with Crippen molar-refractivity contribution in [3.63, 3.8) is 0 Å². The molecule has 6 heteroatoms. The number of nitrogens with one attached hydrogen (secondary N) is 2. The first kappa shape index (κ1) is 12.3. The van der Waals surface area contributed by atoms with Gasteiger partial charge in [-0.3, -0.25) is 4.79 Å². The minimum atomic E-state index is -0.322. The molecule has 92 valence electrons. The highest BCUT2D eigenvalue weighted by Crippen LogP contribution is 2.30. The Morgan fingerprint density at radius 3 is 3.06 bits per heavy atom. The van der Waals surface area contributed by atoms with Gasteiger partial charge in [0, 0.05) is 12.6 Å². The van der Waals surface area contributed by atoms with E-state index in [1.54, 1.807) is 6.07 Å². The number of amides is 1. The molecule has 2 heterocycles. The Bertz CT molecular complexity index is 418. The molecule has 0 aromatic carbocycles. The van der Waals surface area contributed by atoms with E-state index in [1.165, 1.54) is 6.33 Å². The molecule has 1 amide bonds. The zero-order chi connectivity index (χ0) is 12.3. The SMILES string of the molecule is CCC1(C(=O)Nc2cc(Cl)ncn2)CCNC1. The summed E-state index contributed by atoms with van der Waals surface area (Å²) in [4.78, 5) is 20.0. The lowest BCUT2D eigenvalue weighted by Gasteiger charge is -2.24. The van der Waals surface area contributed by atoms with Crippen LogP contribution in [0, 0.1) is 5.41 Å². The van der Waals surface area contributed by atoms with Gasteiger partial charge in [-0.25, -0.2) is 9.97 Å². The van der Waals surface area contributed by atoms with Crippen molar-refractivity contribution in [2.75, 3.05) is 18.4 Å². The molecule has 1 aromatic heterocycles. The topological polar surface area (TPSA) is 66.9 Å². The van der Waals surface area contributed by atoms with Gasteiger partial charge in [0.2, 0.25) is 5.91 Å². The highest BCUT2D eigenvalue weighted by molar-refractivity contribution is 6.29. The second kappa shape index (κ2) is 4.98. The van der Waals surface area contributed by atoms with Gasteiger partial charge < -0.3 is 10.6 Å². The van der Waals surface area contributed by atoms with Crippen molar-refractivity contribution in [1.82, 2.24) is 15.3 Å². The molecule has 0 bridgehead atoms. The van der Waals surface area contributed by atoms with Crippen LogP contribution in [-0.4, -0.2) is 29.0 Å². The van der Waals surface area contributed by atoms with Crippen LogP contribution in [0.15, 0.2) is 12.4 Å². The van der Waals surface area contributed by atoms with Crippen molar-refractivity contribution in [3.05, 3.63) is 17.5 Å². The average Bonchev–Trinajstić information content (AvgIpc) is 2.78. The molecule has 2 rings (SSSR count). The molecule has 1 aliphatic rings. The molecule has 2 N–H and O–H groups in total. The molecule has 0 radical (unpaired) electrons. The first-order valence-electron chi connectivity index (χ1n) is 5.66. The van der Waals surface area contributed by atoms with E-state index in [0.29, 0.717) is 17.5 Å². The van der Waals surface area contributed by atoms with Crippen LogP contribution in [0.2, 0.25) is 5.15 Å². The van der Waals surface area contributed by atoms with Crippen LogP contribution in [0.5, 0.6) is 0 Å². The summed E-state index contributed by atoms with van der Waals surface area (Å²) in [5, 5.41) is 6.35. The van der Waals surface area contributed by atoms with E-state index in [0.717, 1.165) is 19.4 Å². The van der Waals surface area contributed by atoms with Crippen LogP contribution in [-0.2, 0) is 4.79 Å². The molecule has 1 fully saturated rings. The van der Waals surface area contributed by atoms with Gasteiger partial charge in [0.1, 0.15) is 17.3 Å². The van der Waals surface area contributed by atoms with Gasteiger partial charge in [-0.1, -0.05) is 18.5 Å². The highest BCUT2D eigenvalue weighted by Gasteiger charge is 2.39. The fourth-order valence-electron chi connectivity index (χ4n) is 2.05. The minimum Gasteiger partial charge on any atom is -0.316 e. The summed E-state index contributed by atoms with van der Waals surface area (Å²) < 4.78 is 0. The standard InChI is InChI=1S/C11H15ClN4O/c1-2-11(3-4-13-6-11)10(17)16-9-5-8(12)14-7-15-9/h5,7,13H,2-4,6H2,1H3,(H,14,15,16,17). The molecule has 0 saturated carbocycles. The Kier molecular flexibility index (Phi) is 3.59. The normalized spacial score (nSPS) is 23.6. The zero-order valence-electron chi connectivity index (χ0n) is 9.66. The third-order valence-electron chi connectivity index (χ3n) is 3.28. The molecule has 17 heavy (non-hydrogen) atoms. The predicted molar refractivity (Wildman–Crippen MR) is 65.9 cm³/mol. The molecule has 5 nitrogen and oxygen atoms in total. The third kappa shape index (κ3) is 2.56. The van der Waals surface area contributed by atoms with Crippen LogP contribution in [0.3, 0.4) is 0 Å². The number of carbonyl (C=O) groups is 1. The van der Waals surface area contributed by atoms with Crippen LogP contribution in [0.1, 0.15) is 19.8 Å². The van der Waals surface area contributed by atoms with Crippen molar-refractivity contribution in [1.29, 1.82) is 0 Å². The summed E-state index contributed by atoms with van der Waals surface area (Å²) in [6, 6.07) is 1.55. The minimum absolute atomic E-state index is 0.000216. The summed E-state index contributed by atoms with van der Waals surface area (Å²) in [6.07, 6.45) is 3.00. The van der Waals surface area contributed by atoms with Gasteiger partial charge in [0.05, 0.1) is 5.41 Å². The Hall–Kier alpha value is -1.20. The van der Waals surface area contributed by atoms with Crippen molar-refractivity contribution < 1.29 is 4.79 Å². The quantitative estimate of drug-likeness (QED) is 0.802. The average molecular weight is 255 g/mol.